The molecule has 4 nitrogen and oxygen atoms in total. The van der Waals surface area contributed by atoms with Crippen molar-refractivity contribution in [2.75, 3.05) is 6.54 Å². The molecule has 26 heavy (non-hydrogen) atoms. The standard InChI is InChI=1S/C22H27NO3/c1-3-4-9-23-12-17-13(2)19(24)8-6-15(17)22-16-11-21(26)20(25)10-14(16)5-7-18(22)23/h6,8,10-11,18,22,24-26H,3-5,7,9,12H2,1-2H3/t18-,22-/m1/s1. The molecule has 2 aromatic rings. The van der Waals surface area contributed by atoms with Crippen LogP contribution < -0.4 is 0 Å². The molecule has 1 aliphatic heterocycles. The number of fused-ring (bicyclic) bond motifs is 5. The highest BCUT2D eigenvalue weighted by Crippen LogP contribution is 2.48. The van der Waals surface area contributed by atoms with Crippen molar-refractivity contribution < 1.29 is 15.3 Å². The smallest absolute Gasteiger partial charge is 0.157 e. The maximum absolute atomic E-state index is 10.2. The molecule has 0 saturated heterocycles. The molecule has 1 aliphatic carbocycles. The quantitative estimate of drug-likeness (QED) is 0.725. The minimum absolute atomic E-state index is 0.0389. The van der Waals surface area contributed by atoms with Crippen LogP contribution in [0.2, 0.25) is 0 Å². The third-order valence-electron chi connectivity index (χ3n) is 6.24. The van der Waals surface area contributed by atoms with Crippen molar-refractivity contribution in [3.63, 3.8) is 0 Å². The van der Waals surface area contributed by atoms with Crippen LogP contribution in [0.15, 0.2) is 24.3 Å². The number of nitrogens with zero attached hydrogens (tertiary/aromatic N) is 1. The van der Waals surface area contributed by atoms with Crippen LogP contribution in [-0.2, 0) is 13.0 Å². The number of hydrogen-bond donors (Lipinski definition) is 3. The van der Waals surface area contributed by atoms with E-state index in [1.54, 1.807) is 18.2 Å². The summed E-state index contributed by atoms with van der Waals surface area (Å²) in [5.74, 6) is 0.433. The van der Waals surface area contributed by atoms with Gasteiger partial charge < -0.3 is 15.3 Å². The molecule has 2 aliphatic rings. The Morgan fingerprint density at radius 3 is 2.58 bits per heavy atom. The molecule has 0 spiro atoms. The molecule has 0 radical (unpaired) electrons. The summed E-state index contributed by atoms with van der Waals surface area (Å²) in [6, 6.07) is 7.71. The third-order valence-corrected chi connectivity index (χ3v) is 6.24. The van der Waals surface area contributed by atoms with Gasteiger partial charge in [0.1, 0.15) is 5.75 Å². The van der Waals surface area contributed by atoms with E-state index in [1.165, 1.54) is 11.1 Å². The van der Waals surface area contributed by atoms with Gasteiger partial charge >= 0.3 is 0 Å². The van der Waals surface area contributed by atoms with Crippen LogP contribution in [-0.4, -0.2) is 32.8 Å². The maximum Gasteiger partial charge on any atom is 0.157 e. The first-order valence-electron chi connectivity index (χ1n) is 9.61. The highest BCUT2D eigenvalue weighted by Gasteiger charge is 2.40. The number of rotatable bonds is 3. The van der Waals surface area contributed by atoms with Gasteiger partial charge in [0.15, 0.2) is 11.5 Å². The zero-order valence-electron chi connectivity index (χ0n) is 15.5. The molecule has 4 rings (SSSR count). The number of phenolic OH excluding ortho intramolecular Hbond substituents is 3. The van der Waals surface area contributed by atoms with Crippen LogP contribution >= 0.6 is 0 Å². The molecular formula is C22H27NO3. The third kappa shape index (κ3) is 2.64. The molecule has 0 bridgehead atoms. The molecule has 0 unspecified atom stereocenters. The Labute approximate surface area is 154 Å². The van der Waals surface area contributed by atoms with E-state index in [4.69, 9.17) is 0 Å². The van der Waals surface area contributed by atoms with Gasteiger partial charge in [-0.3, -0.25) is 4.90 Å². The van der Waals surface area contributed by atoms with E-state index in [0.717, 1.165) is 55.5 Å². The van der Waals surface area contributed by atoms with E-state index in [9.17, 15) is 15.3 Å². The predicted octanol–water partition coefficient (Wildman–Crippen LogP) is 4.17. The Morgan fingerprint density at radius 2 is 1.81 bits per heavy atom. The Kier molecular flexibility index (Phi) is 4.31. The lowest BCUT2D eigenvalue weighted by Crippen LogP contribution is -2.46. The van der Waals surface area contributed by atoms with Crippen molar-refractivity contribution in [2.45, 2.75) is 58.0 Å². The van der Waals surface area contributed by atoms with E-state index in [0.29, 0.717) is 11.8 Å². The molecule has 0 fully saturated rings. The second-order valence-corrected chi connectivity index (χ2v) is 7.72. The Morgan fingerprint density at radius 1 is 1.04 bits per heavy atom. The van der Waals surface area contributed by atoms with Crippen LogP contribution in [0, 0.1) is 6.92 Å². The summed E-state index contributed by atoms with van der Waals surface area (Å²) in [5.41, 5.74) is 5.66. The highest BCUT2D eigenvalue weighted by atomic mass is 16.3. The van der Waals surface area contributed by atoms with Crippen molar-refractivity contribution in [2.24, 2.45) is 0 Å². The van der Waals surface area contributed by atoms with Gasteiger partial charge in [-0.25, -0.2) is 0 Å². The van der Waals surface area contributed by atoms with Gasteiger partial charge in [0, 0.05) is 18.5 Å². The normalized spacial score (nSPS) is 21.8. The lowest BCUT2D eigenvalue weighted by molar-refractivity contribution is 0.138. The van der Waals surface area contributed by atoms with E-state index < -0.39 is 0 Å². The average molecular weight is 353 g/mol. The van der Waals surface area contributed by atoms with Crippen molar-refractivity contribution in [1.82, 2.24) is 4.90 Å². The van der Waals surface area contributed by atoms with E-state index in [2.05, 4.69) is 11.8 Å². The summed E-state index contributed by atoms with van der Waals surface area (Å²) >= 11 is 0. The largest absolute Gasteiger partial charge is 0.508 e. The molecule has 3 N–H and O–H groups in total. The fourth-order valence-electron chi connectivity index (χ4n) is 4.78. The number of aryl methyl sites for hydroxylation is 1. The minimum atomic E-state index is -0.0490. The van der Waals surface area contributed by atoms with E-state index >= 15 is 0 Å². The zero-order chi connectivity index (χ0) is 18.4. The molecule has 2 atom stereocenters. The van der Waals surface area contributed by atoms with Gasteiger partial charge in [-0.2, -0.15) is 0 Å². The predicted molar refractivity (Wildman–Crippen MR) is 102 cm³/mol. The summed E-state index contributed by atoms with van der Waals surface area (Å²) in [7, 11) is 0. The molecule has 2 aromatic carbocycles. The maximum atomic E-state index is 10.2. The lowest BCUT2D eigenvalue weighted by atomic mass is 9.70. The van der Waals surface area contributed by atoms with Gasteiger partial charge in [-0.1, -0.05) is 19.4 Å². The topological polar surface area (TPSA) is 63.9 Å². The van der Waals surface area contributed by atoms with Gasteiger partial charge in [-0.05, 0) is 78.7 Å². The summed E-state index contributed by atoms with van der Waals surface area (Å²) in [5, 5.41) is 30.3. The Hall–Kier alpha value is -2.20. The van der Waals surface area contributed by atoms with Crippen LogP contribution in [0.4, 0.5) is 0 Å². The minimum Gasteiger partial charge on any atom is -0.508 e. The Bertz CT molecular complexity index is 846. The van der Waals surface area contributed by atoms with Crippen LogP contribution in [0.5, 0.6) is 17.2 Å². The average Bonchev–Trinajstić information content (AvgIpc) is 2.63. The first kappa shape index (κ1) is 17.2. The second-order valence-electron chi connectivity index (χ2n) is 7.72. The van der Waals surface area contributed by atoms with Crippen LogP contribution in [0.1, 0.15) is 59.9 Å². The first-order chi connectivity index (χ1) is 12.5. The lowest BCUT2D eigenvalue weighted by Gasteiger charge is -2.46. The second kappa shape index (κ2) is 6.51. The van der Waals surface area contributed by atoms with Crippen LogP contribution in [0.3, 0.4) is 0 Å². The zero-order valence-corrected chi connectivity index (χ0v) is 15.5. The highest BCUT2D eigenvalue weighted by molar-refractivity contribution is 5.55. The molecule has 0 saturated carbocycles. The summed E-state index contributed by atoms with van der Waals surface area (Å²) in [6.45, 7) is 6.12. The van der Waals surface area contributed by atoms with E-state index in [1.807, 2.05) is 13.0 Å². The monoisotopic (exact) mass is 353 g/mol. The fraction of sp³-hybridized carbons (Fsp3) is 0.455. The number of benzene rings is 2. The van der Waals surface area contributed by atoms with Gasteiger partial charge in [0.25, 0.3) is 0 Å². The first-order valence-corrected chi connectivity index (χ1v) is 9.61. The molecular weight excluding hydrogens is 326 g/mol. The number of aromatic hydroxyl groups is 3. The van der Waals surface area contributed by atoms with Crippen molar-refractivity contribution >= 4 is 0 Å². The summed E-state index contributed by atoms with van der Waals surface area (Å²) < 4.78 is 0. The number of unbranched alkanes of at least 4 members (excludes halogenated alkanes) is 1. The van der Waals surface area contributed by atoms with E-state index in [-0.39, 0.29) is 17.4 Å². The van der Waals surface area contributed by atoms with Gasteiger partial charge in [-0.15, -0.1) is 0 Å². The van der Waals surface area contributed by atoms with Crippen LogP contribution in [0.25, 0.3) is 0 Å². The molecule has 138 valence electrons. The van der Waals surface area contributed by atoms with Crippen molar-refractivity contribution in [1.29, 1.82) is 0 Å². The Balaban J connectivity index is 1.88. The summed E-state index contributed by atoms with van der Waals surface area (Å²) in [6.07, 6.45) is 4.28. The van der Waals surface area contributed by atoms with Crippen molar-refractivity contribution in [3.05, 3.63) is 52.1 Å². The fourth-order valence-corrected chi connectivity index (χ4v) is 4.78. The van der Waals surface area contributed by atoms with Gasteiger partial charge in [0.05, 0.1) is 0 Å². The molecule has 1 heterocycles. The molecule has 0 aromatic heterocycles. The molecule has 0 amide bonds. The summed E-state index contributed by atoms with van der Waals surface area (Å²) in [4.78, 5) is 2.55. The number of hydrogen-bond acceptors (Lipinski definition) is 4. The van der Waals surface area contributed by atoms with Gasteiger partial charge in [0.2, 0.25) is 0 Å². The van der Waals surface area contributed by atoms with Crippen molar-refractivity contribution in [3.8, 4) is 17.2 Å². The number of phenols is 3. The SMILES string of the molecule is CCCCN1Cc2c(ccc(O)c2C)[C@@H]2c3cc(O)c(O)cc3CC[C@H]21. The molecule has 4 heteroatoms.